The van der Waals surface area contributed by atoms with Crippen molar-refractivity contribution in [3.05, 3.63) is 52.6 Å². The third-order valence-electron chi connectivity index (χ3n) is 5.92. The van der Waals surface area contributed by atoms with E-state index >= 15 is 0 Å². The maximum Gasteiger partial charge on any atom is 0.284 e. The second kappa shape index (κ2) is 8.38. The molecule has 35 heavy (non-hydrogen) atoms. The lowest BCUT2D eigenvalue weighted by molar-refractivity contribution is -0.136. The molecule has 14 heteroatoms. The molecule has 4 amide bonds. The molecule has 0 spiro atoms. The average Bonchev–Trinajstić information content (AvgIpc) is 3.52. The largest absolute Gasteiger partial charge is 0.322 e. The summed E-state index contributed by atoms with van der Waals surface area (Å²) in [6, 6.07) is 4.21. The van der Waals surface area contributed by atoms with Gasteiger partial charge in [-0.1, -0.05) is 11.3 Å². The van der Waals surface area contributed by atoms with Gasteiger partial charge in [0.25, 0.3) is 18.2 Å². The van der Waals surface area contributed by atoms with Crippen LogP contribution in [0.15, 0.2) is 24.4 Å². The number of H-pyrrole nitrogens is 1. The van der Waals surface area contributed by atoms with Gasteiger partial charge in [-0.3, -0.25) is 29.6 Å². The predicted octanol–water partition coefficient (Wildman–Crippen LogP) is 1.25. The Kier molecular flexibility index (Phi) is 5.34. The number of carbonyl (C=O) groups excluding carboxylic acids is 4. The highest BCUT2D eigenvalue weighted by molar-refractivity contribution is 6.06. The number of anilines is 1. The first-order valence-electron chi connectivity index (χ1n) is 10.6. The molecule has 2 aromatic heterocycles. The number of benzene rings is 1. The van der Waals surface area contributed by atoms with E-state index in [9.17, 15) is 28.0 Å². The summed E-state index contributed by atoms with van der Waals surface area (Å²) >= 11 is 0. The van der Waals surface area contributed by atoms with Gasteiger partial charge >= 0.3 is 0 Å². The quantitative estimate of drug-likeness (QED) is 0.460. The molecule has 1 atom stereocenters. The van der Waals surface area contributed by atoms with Crippen LogP contribution >= 0.6 is 0 Å². The zero-order valence-electron chi connectivity index (χ0n) is 18.2. The highest BCUT2D eigenvalue weighted by Gasteiger charge is 2.39. The van der Waals surface area contributed by atoms with Crippen LogP contribution in [0.3, 0.4) is 0 Å². The average molecular weight is 484 g/mol. The Labute approximate surface area is 195 Å². The Hall–Kier alpha value is -4.49. The van der Waals surface area contributed by atoms with Crippen molar-refractivity contribution in [1.82, 2.24) is 35.4 Å². The SMILES string of the molecule is Cc1[nH]nc(C(F)F)c1NC(=O)c1cn(-c2ccc3c(c2)C(=O)N(C2CCC(=O)NC2=O)C3)nn1. The van der Waals surface area contributed by atoms with Gasteiger partial charge in [0.1, 0.15) is 6.04 Å². The van der Waals surface area contributed by atoms with Gasteiger partial charge in [0.05, 0.1) is 23.3 Å². The zero-order chi connectivity index (χ0) is 24.9. The molecule has 1 saturated heterocycles. The highest BCUT2D eigenvalue weighted by atomic mass is 19.3. The number of imide groups is 1. The fourth-order valence-electron chi connectivity index (χ4n) is 4.12. The fourth-order valence-corrected chi connectivity index (χ4v) is 4.12. The van der Waals surface area contributed by atoms with E-state index < -0.39 is 30.0 Å². The van der Waals surface area contributed by atoms with E-state index in [2.05, 4.69) is 31.1 Å². The summed E-state index contributed by atoms with van der Waals surface area (Å²) in [6.07, 6.45) is -1.17. The maximum absolute atomic E-state index is 13.1. The van der Waals surface area contributed by atoms with E-state index in [1.807, 2.05) is 0 Å². The number of rotatable bonds is 5. The van der Waals surface area contributed by atoms with Crippen LogP contribution in [0.2, 0.25) is 0 Å². The van der Waals surface area contributed by atoms with Crippen molar-refractivity contribution < 1.29 is 28.0 Å². The molecule has 2 aliphatic heterocycles. The van der Waals surface area contributed by atoms with Crippen molar-refractivity contribution in [2.75, 3.05) is 5.32 Å². The molecule has 4 heterocycles. The Balaban J connectivity index is 1.34. The number of fused-ring (bicyclic) bond motifs is 1. The molecule has 3 aromatic rings. The van der Waals surface area contributed by atoms with Crippen LogP contribution in [0.5, 0.6) is 0 Å². The molecular weight excluding hydrogens is 466 g/mol. The van der Waals surface area contributed by atoms with E-state index in [1.54, 1.807) is 18.2 Å². The summed E-state index contributed by atoms with van der Waals surface area (Å²) in [5, 5.41) is 18.2. The van der Waals surface area contributed by atoms with E-state index in [-0.39, 0.29) is 48.3 Å². The van der Waals surface area contributed by atoms with Crippen LogP contribution < -0.4 is 10.6 Å². The fraction of sp³-hybridized carbons (Fsp3) is 0.286. The molecule has 3 N–H and O–H groups in total. The molecule has 0 aliphatic carbocycles. The lowest BCUT2D eigenvalue weighted by Gasteiger charge is -2.29. The normalized spacial score (nSPS) is 17.7. The van der Waals surface area contributed by atoms with Gasteiger partial charge in [-0.15, -0.1) is 5.10 Å². The molecule has 0 bridgehead atoms. The molecule has 1 unspecified atom stereocenters. The highest BCUT2D eigenvalue weighted by Crippen LogP contribution is 2.30. The van der Waals surface area contributed by atoms with Crippen LogP contribution in [0.1, 0.15) is 57.1 Å². The molecule has 1 aromatic carbocycles. The summed E-state index contributed by atoms with van der Waals surface area (Å²) in [7, 11) is 0. The maximum atomic E-state index is 13.1. The van der Waals surface area contributed by atoms with Gasteiger partial charge in [0.15, 0.2) is 11.4 Å². The molecule has 2 aliphatic rings. The second-order valence-corrected chi connectivity index (χ2v) is 8.15. The number of aromatic nitrogens is 5. The van der Waals surface area contributed by atoms with E-state index in [4.69, 9.17) is 0 Å². The molecule has 180 valence electrons. The standard InChI is InChI=1S/C21H18F2N8O4/c1-9-16(17(18(22)23)28-26-9)25-19(33)13-8-31(29-27-13)11-3-2-10-7-30(21(35)12(10)6-11)14-4-5-15(32)24-20(14)34/h2-3,6,8,14,18H,4-5,7H2,1H3,(H,25,33)(H,26,28)(H,24,32,34). The van der Waals surface area contributed by atoms with Gasteiger partial charge in [0.2, 0.25) is 11.8 Å². The third kappa shape index (κ3) is 3.92. The first-order valence-corrected chi connectivity index (χ1v) is 10.6. The van der Waals surface area contributed by atoms with Crippen LogP contribution in [-0.2, 0) is 16.1 Å². The summed E-state index contributed by atoms with van der Waals surface area (Å²) in [5.41, 5.74) is 0.918. The summed E-state index contributed by atoms with van der Waals surface area (Å²) < 4.78 is 27.5. The molecule has 12 nitrogen and oxygen atoms in total. The van der Waals surface area contributed by atoms with Crippen molar-refractivity contribution in [3.63, 3.8) is 0 Å². The molecule has 1 fully saturated rings. The Morgan fingerprint density at radius 3 is 2.80 bits per heavy atom. The number of piperidine rings is 1. The second-order valence-electron chi connectivity index (χ2n) is 8.15. The summed E-state index contributed by atoms with van der Waals surface area (Å²) in [4.78, 5) is 50.6. The Bertz CT molecular complexity index is 1380. The van der Waals surface area contributed by atoms with Crippen molar-refractivity contribution in [3.8, 4) is 5.69 Å². The van der Waals surface area contributed by atoms with Gasteiger partial charge in [-0.05, 0) is 31.0 Å². The van der Waals surface area contributed by atoms with Gasteiger partial charge in [0, 0.05) is 18.5 Å². The monoisotopic (exact) mass is 484 g/mol. The van der Waals surface area contributed by atoms with Crippen LogP contribution in [0.4, 0.5) is 14.5 Å². The predicted molar refractivity (Wildman–Crippen MR) is 114 cm³/mol. The van der Waals surface area contributed by atoms with Crippen molar-refractivity contribution in [2.24, 2.45) is 0 Å². The van der Waals surface area contributed by atoms with Gasteiger partial charge in [-0.25, -0.2) is 13.5 Å². The first kappa shape index (κ1) is 22.3. The van der Waals surface area contributed by atoms with Crippen LogP contribution in [0, 0.1) is 6.92 Å². The summed E-state index contributed by atoms with van der Waals surface area (Å²) in [5.74, 6) is -1.98. The van der Waals surface area contributed by atoms with Crippen molar-refractivity contribution >= 4 is 29.3 Å². The number of alkyl halides is 2. The molecular formula is C21H18F2N8O4. The number of aryl methyl sites for hydroxylation is 1. The number of hydrogen-bond donors (Lipinski definition) is 3. The van der Waals surface area contributed by atoms with E-state index in [1.165, 1.54) is 22.7 Å². The Morgan fingerprint density at radius 2 is 2.06 bits per heavy atom. The summed E-state index contributed by atoms with van der Waals surface area (Å²) in [6.45, 7) is 1.72. The number of carbonyl (C=O) groups is 4. The molecule has 5 rings (SSSR count). The minimum atomic E-state index is -2.88. The lowest BCUT2D eigenvalue weighted by atomic mass is 10.0. The van der Waals surface area contributed by atoms with Crippen molar-refractivity contribution in [2.45, 2.75) is 38.8 Å². The van der Waals surface area contributed by atoms with Gasteiger partial charge < -0.3 is 10.2 Å². The number of nitrogens with one attached hydrogen (secondary N) is 3. The van der Waals surface area contributed by atoms with E-state index in [0.29, 0.717) is 16.8 Å². The molecule has 0 saturated carbocycles. The number of halogens is 2. The van der Waals surface area contributed by atoms with Crippen LogP contribution in [-0.4, -0.2) is 59.8 Å². The minimum absolute atomic E-state index is 0.129. The third-order valence-corrected chi connectivity index (χ3v) is 5.92. The number of hydrogen-bond acceptors (Lipinski definition) is 7. The number of amides is 4. The van der Waals surface area contributed by atoms with Crippen LogP contribution in [0.25, 0.3) is 5.69 Å². The smallest absolute Gasteiger partial charge is 0.284 e. The topological polar surface area (TPSA) is 155 Å². The number of nitrogens with zero attached hydrogens (tertiary/aromatic N) is 5. The molecule has 0 radical (unpaired) electrons. The minimum Gasteiger partial charge on any atom is -0.322 e. The Morgan fingerprint density at radius 1 is 1.26 bits per heavy atom. The number of aromatic amines is 1. The van der Waals surface area contributed by atoms with Gasteiger partial charge in [-0.2, -0.15) is 5.10 Å². The van der Waals surface area contributed by atoms with Crippen molar-refractivity contribution in [1.29, 1.82) is 0 Å². The lowest BCUT2D eigenvalue weighted by Crippen LogP contribution is -2.52. The first-order chi connectivity index (χ1) is 16.7. The van der Waals surface area contributed by atoms with E-state index in [0.717, 1.165) is 0 Å². The zero-order valence-corrected chi connectivity index (χ0v) is 18.2.